The second-order valence-electron chi connectivity index (χ2n) is 5.50. The van der Waals surface area contributed by atoms with Gasteiger partial charge >= 0.3 is 5.97 Å². The monoisotopic (exact) mass is 212 g/mol. The number of rotatable bonds is 4. The summed E-state index contributed by atoms with van der Waals surface area (Å²) in [5.74, 6) is 1.53. The first kappa shape index (κ1) is 12.5. The summed E-state index contributed by atoms with van der Waals surface area (Å²) in [4.78, 5) is 10.7. The average Bonchev–Trinajstić information content (AvgIpc) is 2.18. The number of carbonyl (C=O) groups is 1. The lowest BCUT2D eigenvalue weighted by atomic mass is 9.74. The number of carboxylic acid groups (broad SMARTS) is 1. The average molecular weight is 212 g/mol. The van der Waals surface area contributed by atoms with E-state index in [4.69, 9.17) is 5.11 Å². The van der Waals surface area contributed by atoms with Gasteiger partial charge in [-0.25, -0.2) is 0 Å². The first-order chi connectivity index (χ1) is 7.00. The molecule has 0 radical (unpaired) electrons. The van der Waals surface area contributed by atoms with Crippen LogP contribution in [0.2, 0.25) is 0 Å². The zero-order valence-electron chi connectivity index (χ0n) is 10.2. The van der Waals surface area contributed by atoms with Gasteiger partial charge in [-0.2, -0.15) is 0 Å². The van der Waals surface area contributed by atoms with Gasteiger partial charge in [-0.3, -0.25) is 4.79 Å². The minimum atomic E-state index is -0.638. The molecule has 0 heterocycles. The Bertz CT molecular complexity index is 203. The van der Waals surface area contributed by atoms with Crippen LogP contribution in [0.4, 0.5) is 0 Å². The van der Waals surface area contributed by atoms with Crippen molar-refractivity contribution < 1.29 is 9.90 Å². The van der Waals surface area contributed by atoms with Crippen LogP contribution in [0.1, 0.15) is 52.9 Å². The molecule has 88 valence electrons. The molecule has 0 aliphatic heterocycles. The van der Waals surface area contributed by atoms with Crippen molar-refractivity contribution in [1.82, 2.24) is 0 Å². The van der Waals surface area contributed by atoms with E-state index >= 15 is 0 Å². The molecule has 0 aromatic carbocycles. The number of hydrogen-bond acceptors (Lipinski definition) is 1. The van der Waals surface area contributed by atoms with Crippen LogP contribution in [0, 0.1) is 23.7 Å². The van der Waals surface area contributed by atoms with Crippen molar-refractivity contribution in [3.63, 3.8) is 0 Å². The molecule has 0 saturated heterocycles. The number of carboxylic acids is 1. The summed E-state index contributed by atoms with van der Waals surface area (Å²) < 4.78 is 0. The minimum absolute atomic E-state index is 0.161. The third-order valence-electron chi connectivity index (χ3n) is 3.94. The van der Waals surface area contributed by atoms with Crippen molar-refractivity contribution in [1.29, 1.82) is 0 Å². The lowest BCUT2D eigenvalue weighted by Gasteiger charge is -2.31. The van der Waals surface area contributed by atoms with Crippen LogP contribution in [-0.2, 0) is 4.79 Å². The Kier molecular flexibility index (Phi) is 4.62. The van der Waals surface area contributed by atoms with Crippen LogP contribution in [0.5, 0.6) is 0 Å². The van der Waals surface area contributed by atoms with Gasteiger partial charge in [0.25, 0.3) is 0 Å². The van der Waals surface area contributed by atoms with E-state index < -0.39 is 5.97 Å². The predicted molar refractivity (Wildman–Crippen MR) is 61.7 cm³/mol. The second kappa shape index (κ2) is 5.53. The van der Waals surface area contributed by atoms with Gasteiger partial charge in [0.15, 0.2) is 0 Å². The van der Waals surface area contributed by atoms with Gasteiger partial charge < -0.3 is 5.11 Å². The fourth-order valence-corrected chi connectivity index (χ4v) is 2.69. The zero-order valence-corrected chi connectivity index (χ0v) is 10.2. The summed E-state index contributed by atoms with van der Waals surface area (Å²) in [6, 6.07) is 0. The Hall–Kier alpha value is -0.530. The van der Waals surface area contributed by atoms with Gasteiger partial charge in [-0.15, -0.1) is 0 Å². The smallest absolute Gasteiger partial charge is 0.306 e. The molecule has 2 nitrogen and oxygen atoms in total. The Morgan fingerprint density at radius 3 is 2.13 bits per heavy atom. The van der Waals surface area contributed by atoms with Gasteiger partial charge in [0, 0.05) is 0 Å². The van der Waals surface area contributed by atoms with Crippen molar-refractivity contribution in [2.24, 2.45) is 23.7 Å². The molecule has 1 N–H and O–H groups in total. The topological polar surface area (TPSA) is 37.3 Å². The summed E-state index contributed by atoms with van der Waals surface area (Å²) in [6.07, 6.45) is 5.95. The zero-order chi connectivity index (χ0) is 11.4. The first-order valence-electron chi connectivity index (χ1n) is 6.23. The highest BCUT2D eigenvalue weighted by molar-refractivity contribution is 5.69. The molecule has 15 heavy (non-hydrogen) atoms. The molecule has 0 spiro atoms. The molecule has 0 aromatic heterocycles. The fraction of sp³-hybridized carbons (Fsp3) is 0.923. The van der Waals surface area contributed by atoms with Gasteiger partial charge in [0.1, 0.15) is 0 Å². The van der Waals surface area contributed by atoms with Crippen molar-refractivity contribution in [3.8, 4) is 0 Å². The molecule has 1 fully saturated rings. The van der Waals surface area contributed by atoms with E-state index in [-0.39, 0.29) is 5.92 Å². The predicted octanol–water partition coefficient (Wildman–Crippen LogP) is 3.56. The van der Waals surface area contributed by atoms with E-state index in [2.05, 4.69) is 13.8 Å². The first-order valence-corrected chi connectivity index (χ1v) is 6.23. The van der Waals surface area contributed by atoms with E-state index in [1.165, 1.54) is 25.7 Å². The Balaban J connectivity index is 2.28. The van der Waals surface area contributed by atoms with Crippen molar-refractivity contribution in [3.05, 3.63) is 0 Å². The maximum absolute atomic E-state index is 10.7. The van der Waals surface area contributed by atoms with E-state index in [0.717, 1.165) is 18.3 Å². The van der Waals surface area contributed by atoms with E-state index in [1.807, 2.05) is 6.92 Å². The fourth-order valence-electron chi connectivity index (χ4n) is 2.69. The largest absolute Gasteiger partial charge is 0.481 e. The van der Waals surface area contributed by atoms with Crippen molar-refractivity contribution in [2.45, 2.75) is 52.9 Å². The molecular formula is C13H24O2. The van der Waals surface area contributed by atoms with Crippen LogP contribution in [0.25, 0.3) is 0 Å². The van der Waals surface area contributed by atoms with Crippen molar-refractivity contribution >= 4 is 5.97 Å². The van der Waals surface area contributed by atoms with Crippen LogP contribution in [0.15, 0.2) is 0 Å². The summed E-state index contributed by atoms with van der Waals surface area (Å²) in [7, 11) is 0. The Morgan fingerprint density at radius 2 is 1.73 bits per heavy atom. The quantitative estimate of drug-likeness (QED) is 0.773. The minimum Gasteiger partial charge on any atom is -0.481 e. The molecule has 1 aliphatic rings. The van der Waals surface area contributed by atoms with Crippen LogP contribution in [-0.4, -0.2) is 11.1 Å². The lowest BCUT2D eigenvalue weighted by molar-refractivity contribution is -0.141. The van der Waals surface area contributed by atoms with Gasteiger partial charge in [-0.05, 0) is 37.0 Å². The molecule has 2 heteroatoms. The third kappa shape index (κ3) is 3.84. The second-order valence-corrected chi connectivity index (χ2v) is 5.50. The molecule has 1 saturated carbocycles. The van der Waals surface area contributed by atoms with Gasteiger partial charge in [0.05, 0.1) is 5.92 Å². The molecule has 0 bridgehead atoms. The highest BCUT2D eigenvalue weighted by atomic mass is 16.4. The highest BCUT2D eigenvalue weighted by Gasteiger charge is 2.25. The molecule has 1 unspecified atom stereocenters. The summed E-state index contributed by atoms with van der Waals surface area (Å²) in [5, 5.41) is 8.85. The van der Waals surface area contributed by atoms with Crippen LogP contribution < -0.4 is 0 Å². The number of hydrogen-bond donors (Lipinski definition) is 1. The van der Waals surface area contributed by atoms with Gasteiger partial charge in [-0.1, -0.05) is 33.6 Å². The molecule has 0 amide bonds. The van der Waals surface area contributed by atoms with E-state index in [9.17, 15) is 4.79 Å². The molecule has 0 aromatic rings. The molecule has 1 atom stereocenters. The highest BCUT2D eigenvalue weighted by Crippen LogP contribution is 2.35. The summed E-state index contributed by atoms with van der Waals surface area (Å²) in [5.41, 5.74) is 0. The summed E-state index contributed by atoms with van der Waals surface area (Å²) in [6.45, 7) is 6.42. The van der Waals surface area contributed by atoms with E-state index in [0.29, 0.717) is 5.92 Å². The van der Waals surface area contributed by atoms with E-state index in [1.54, 1.807) is 0 Å². The Labute approximate surface area is 93.1 Å². The summed E-state index contributed by atoms with van der Waals surface area (Å²) >= 11 is 0. The molecular weight excluding hydrogens is 188 g/mol. The van der Waals surface area contributed by atoms with Crippen molar-refractivity contribution in [2.75, 3.05) is 0 Å². The van der Waals surface area contributed by atoms with Crippen LogP contribution in [0.3, 0.4) is 0 Å². The standard InChI is InChI=1S/C13H24O2/c1-9(2)12-6-4-11(5-7-12)8-10(3)13(14)15/h9-12H,4-8H2,1-3H3,(H,14,15). The maximum atomic E-state index is 10.7. The maximum Gasteiger partial charge on any atom is 0.306 e. The molecule has 1 aliphatic carbocycles. The molecule has 1 rings (SSSR count). The third-order valence-corrected chi connectivity index (χ3v) is 3.94. The normalized spacial score (nSPS) is 29.1. The van der Waals surface area contributed by atoms with Gasteiger partial charge in [0.2, 0.25) is 0 Å². The lowest BCUT2D eigenvalue weighted by Crippen LogP contribution is -2.22. The SMILES string of the molecule is CC(CC1CCC(C(C)C)CC1)C(=O)O. The number of aliphatic carboxylic acids is 1. The Morgan fingerprint density at radius 1 is 1.20 bits per heavy atom. The van der Waals surface area contributed by atoms with Crippen LogP contribution >= 0.6 is 0 Å².